The average molecular weight is 339 g/mol. The maximum Gasteiger partial charge on any atom is 0.224 e. The summed E-state index contributed by atoms with van der Waals surface area (Å²) < 4.78 is 14.0. The van der Waals surface area contributed by atoms with E-state index >= 15 is 0 Å². The minimum atomic E-state index is -0.285. The van der Waals surface area contributed by atoms with Crippen LogP contribution < -0.4 is 10.2 Å². The minimum absolute atomic E-state index is 0.0212. The van der Waals surface area contributed by atoms with Crippen molar-refractivity contribution in [2.45, 2.75) is 38.8 Å². The molecule has 1 N–H and O–H groups in total. The largest absolute Gasteiger partial charge is 0.363 e. The molecule has 1 aromatic carbocycles. The van der Waals surface area contributed by atoms with E-state index in [-0.39, 0.29) is 29.7 Å². The lowest BCUT2D eigenvalue weighted by molar-refractivity contribution is -0.117. The molecule has 25 heavy (non-hydrogen) atoms. The number of hydrogen-bond acceptors (Lipinski definition) is 3. The molecule has 1 aliphatic carbocycles. The number of nitrogens with one attached hydrogen (secondary N) is 1. The topological polar surface area (TPSA) is 45.2 Å². The van der Waals surface area contributed by atoms with E-state index in [2.05, 4.69) is 17.2 Å². The molecule has 5 heteroatoms. The van der Waals surface area contributed by atoms with Gasteiger partial charge >= 0.3 is 0 Å². The summed E-state index contributed by atoms with van der Waals surface area (Å²) in [6, 6.07) is 10.5. The van der Waals surface area contributed by atoms with E-state index in [1.54, 1.807) is 25.3 Å². The van der Waals surface area contributed by atoms with Crippen LogP contribution in [0.1, 0.15) is 38.3 Å². The number of nitrogens with zero attached hydrogens (tertiary/aromatic N) is 2. The number of benzene rings is 1. The first-order valence-corrected chi connectivity index (χ1v) is 8.83. The van der Waals surface area contributed by atoms with E-state index in [0.29, 0.717) is 5.92 Å². The molecule has 0 spiro atoms. The Balaban J connectivity index is 1.81. The van der Waals surface area contributed by atoms with E-state index in [4.69, 9.17) is 0 Å². The predicted molar refractivity (Wildman–Crippen MR) is 95.8 cm³/mol. The predicted octanol–water partition coefficient (Wildman–Crippen LogP) is 4.16. The summed E-state index contributed by atoms with van der Waals surface area (Å²) in [4.78, 5) is 18.6. The number of fused-ring (bicyclic) bond motifs is 1. The Hall–Kier alpha value is -2.43. The van der Waals surface area contributed by atoms with Crippen LogP contribution in [0.4, 0.5) is 15.9 Å². The zero-order chi connectivity index (χ0) is 17.6. The second-order valence-corrected chi connectivity index (χ2v) is 7.12. The van der Waals surface area contributed by atoms with Crippen LogP contribution in [0.15, 0.2) is 42.6 Å². The molecular weight excluding hydrogens is 317 g/mol. The van der Waals surface area contributed by atoms with Gasteiger partial charge in [-0.1, -0.05) is 13.0 Å². The smallest absolute Gasteiger partial charge is 0.224 e. The van der Waals surface area contributed by atoms with Crippen molar-refractivity contribution in [3.63, 3.8) is 0 Å². The highest BCUT2D eigenvalue weighted by molar-refractivity contribution is 5.94. The molecule has 1 amide bonds. The Morgan fingerprint density at radius 3 is 2.72 bits per heavy atom. The van der Waals surface area contributed by atoms with Crippen molar-refractivity contribution >= 4 is 17.4 Å². The molecule has 1 aliphatic heterocycles. The maximum atomic E-state index is 14.0. The molecule has 4 rings (SSSR count). The molecule has 2 heterocycles. The fourth-order valence-corrected chi connectivity index (χ4v) is 4.14. The Morgan fingerprint density at radius 2 is 2.08 bits per heavy atom. The first kappa shape index (κ1) is 16.1. The van der Waals surface area contributed by atoms with Crippen LogP contribution in [0.2, 0.25) is 0 Å². The molecular formula is C20H22FN3O. The molecule has 1 fully saturated rings. The van der Waals surface area contributed by atoms with Crippen LogP contribution in [0.5, 0.6) is 0 Å². The van der Waals surface area contributed by atoms with Gasteiger partial charge in [0.1, 0.15) is 11.6 Å². The number of halogens is 1. The van der Waals surface area contributed by atoms with Crippen molar-refractivity contribution in [2.24, 2.45) is 11.8 Å². The van der Waals surface area contributed by atoms with E-state index in [1.807, 2.05) is 23.1 Å². The van der Waals surface area contributed by atoms with Crippen LogP contribution >= 0.6 is 0 Å². The monoisotopic (exact) mass is 339 g/mol. The maximum absolute atomic E-state index is 14.0. The lowest BCUT2D eigenvalue weighted by atomic mass is 9.80. The van der Waals surface area contributed by atoms with Gasteiger partial charge in [-0.3, -0.25) is 4.79 Å². The quantitative estimate of drug-likeness (QED) is 0.913. The molecule has 4 nitrogen and oxygen atoms in total. The van der Waals surface area contributed by atoms with Crippen molar-refractivity contribution in [2.75, 3.05) is 10.2 Å². The summed E-state index contributed by atoms with van der Waals surface area (Å²) in [6.45, 7) is 3.75. The number of rotatable bonds is 3. The summed E-state index contributed by atoms with van der Waals surface area (Å²) in [5, 5.41) is 3.47. The highest BCUT2D eigenvalue weighted by Gasteiger charge is 2.47. The standard InChI is InChI=1S/C20H22FN3O/c1-12-19(23-18-5-3-4-10-22-18)16-11-15(21)8-9-17(16)24(13(2)25)20(12)14-6-7-14/h3-5,8-12,14,19-20H,6-7H2,1-2H3,(H,22,23)/t12-,19-,20-/m1/s1. The van der Waals surface area contributed by atoms with Crippen molar-refractivity contribution in [1.29, 1.82) is 0 Å². The van der Waals surface area contributed by atoms with E-state index in [0.717, 1.165) is 29.9 Å². The Labute approximate surface area is 147 Å². The van der Waals surface area contributed by atoms with Crippen LogP contribution in [0, 0.1) is 17.7 Å². The molecule has 2 aliphatic rings. The van der Waals surface area contributed by atoms with Gasteiger partial charge < -0.3 is 10.2 Å². The minimum Gasteiger partial charge on any atom is -0.363 e. The molecule has 1 saturated carbocycles. The molecule has 0 saturated heterocycles. The van der Waals surface area contributed by atoms with E-state index in [9.17, 15) is 9.18 Å². The van der Waals surface area contributed by atoms with Crippen LogP contribution in [-0.4, -0.2) is 16.9 Å². The number of carbonyl (C=O) groups is 1. The number of carbonyl (C=O) groups excluding carboxylic acids is 1. The van der Waals surface area contributed by atoms with Gasteiger partial charge in [0.05, 0.1) is 6.04 Å². The van der Waals surface area contributed by atoms with Gasteiger partial charge in [0, 0.05) is 36.3 Å². The third-order valence-corrected chi connectivity index (χ3v) is 5.36. The molecule has 130 valence electrons. The van der Waals surface area contributed by atoms with E-state index in [1.165, 1.54) is 6.07 Å². The fraction of sp³-hybridized carbons (Fsp3) is 0.400. The van der Waals surface area contributed by atoms with Crippen molar-refractivity contribution in [3.8, 4) is 0 Å². The van der Waals surface area contributed by atoms with Gasteiger partial charge in [0.15, 0.2) is 0 Å². The zero-order valence-electron chi connectivity index (χ0n) is 14.4. The summed E-state index contributed by atoms with van der Waals surface area (Å²) in [7, 11) is 0. The van der Waals surface area contributed by atoms with Crippen LogP contribution in [0.3, 0.4) is 0 Å². The number of amides is 1. The SMILES string of the molecule is CC(=O)N1c2ccc(F)cc2[C@H](Nc2ccccn2)[C@@H](C)[C@@H]1C1CC1. The summed E-state index contributed by atoms with van der Waals surface area (Å²) in [5.74, 6) is 1.18. The van der Waals surface area contributed by atoms with Crippen molar-refractivity contribution in [3.05, 3.63) is 54.0 Å². The van der Waals surface area contributed by atoms with Gasteiger partial charge in [-0.05, 0) is 49.1 Å². The lowest BCUT2D eigenvalue weighted by Gasteiger charge is -2.45. The summed E-state index contributed by atoms with van der Waals surface area (Å²) in [6.07, 6.45) is 4.03. The summed E-state index contributed by atoms with van der Waals surface area (Å²) >= 11 is 0. The third kappa shape index (κ3) is 2.88. The van der Waals surface area contributed by atoms with Gasteiger partial charge in [-0.25, -0.2) is 9.37 Å². The first-order chi connectivity index (χ1) is 12.1. The van der Waals surface area contributed by atoms with Crippen LogP contribution in [-0.2, 0) is 4.79 Å². The van der Waals surface area contributed by atoms with Gasteiger partial charge in [-0.15, -0.1) is 0 Å². The summed E-state index contributed by atoms with van der Waals surface area (Å²) in [5.41, 5.74) is 1.64. The molecule has 0 radical (unpaired) electrons. The van der Waals surface area contributed by atoms with Crippen molar-refractivity contribution in [1.82, 2.24) is 4.98 Å². The second kappa shape index (κ2) is 6.14. The molecule has 0 bridgehead atoms. The van der Waals surface area contributed by atoms with E-state index < -0.39 is 0 Å². The number of pyridine rings is 1. The van der Waals surface area contributed by atoms with Gasteiger partial charge in [-0.2, -0.15) is 0 Å². The fourth-order valence-electron chi connectivity index (χ4n) is 4.14. The van der Waals surface area contributed by atoms with Gasteiger partial charge in [0.2, 0.25) is 5.91 Å². The highest BCUT2D eigenvalue weighted by Crippen LogP contribution is 2.49. The van der Waals surface area contributed by atoms with Gasteiger partial charge in [0.25, 0.3) is 0 Å². The molecule has 1 aromatic heterocycles. The second-order valence-electron chi connectivity index (χ2n) is 7.12. The zero-order valence-corrected chi connectivity index (χ0v) is 14.4. The molecule has 3 atom stereocenters. The Kier molecular flexibility index (Phi) is 3.94. The number of anilines is 2. The normalized spacial score (nSPS) is 25.4. The number of aromatic nitrogens is 1. The Morgan fingerprint density at radius 1 is 1.28 bits per heavy atom. The average Bonchev–Trinajstić information content (AvgIpc) is 3.42. The third-order valence-electron chi connectivity index (χ3n) is 5.36. The van der Waals surface area contributed by atoms with Crippen molar-refractivity contribution < 1.29 is 9.18 Å². The lowest BCUT2D eigenvalue weighted by Crippen LogP contribution is -2.51. The first-order valence-electron chi connectivity index (χ1n) is 8.83. The van der Waals surface area contributed by atoms with Crippen LogP contribution in [0.25, 0.3) is 0 Å². The molecule has 0 unspecified atom stereocenters. The highest BCUT2D eigenvalue weighted by atomic mass is 19.1. The Bertz CT molecular complexity index is 791. The molecule has 2 aromatic rings. The number of hydrogen-bond donors (Lipinski definition) is 1.